The van der Waals surface area contributed by atoms with Gasteiger partial charge in [0.2, 0.25) is 12.6 Å². The van der Waals surface area contributed by atoms with E-state index < -0.39 is 22.0 Å². The molecule has 10 aliphatic rings. The number of benzene rings is 10. The van der Waals surface area contributed by atoms with Gasteiger partial charge in [0.1, 0.15) is 34.2 Å². The number of phenolic OH excluding ortho intramolecular Hbond substituents is 2. The molecule has 0 amide bonds. The number of ether oxygens (including phenoxy) is 6. The van der Waals surface area contributed by atoms with E-state index in [4.69, 9.17) is 38.6 Å². The van der Waals surface area contributed by atoms with Crippen molar-refractivity contribution in [2.24, 2.45) is 70.0 Å². The molecule has 0 aromatic heterocycles. The summed E-state index contributed by atoms with van der Waals surface area (Å²) in [6.07, 6.45) is 27.9. The second-order valence-electron chi connectivity index (χ2n) is 46.3. The third-order valence-electron chi connectivity index (χ3n) is 35.9. The number of hydrogen-bond acceptors (Lipinski definition) is 10. The molecule has 10 aliphatic carbocycles. The zero-order valence-electron chi connectivity index (χ0n) is 90.9. The summed E-state index contributed by atoms with van der Waals surface area (Å²) in [5, 5.41) is 23.8. The van der Waals surface area contributed by atoms with E-state index in [0.717, 1.165) is 129 Å². The van der Waals surface area contributed by atoms with Gasteiger partial charge in [-0.1, -0.05) is 314 Å². The fourth-order valence-electron chi connectivity index (χ4n) is 24.8. The number of esters is 2. The lowest BCUT2D eigenvalue weighted by Gasteiger charge is -2.40. The average Bonchev–Trinajstić information content (AvgIpc) is 1.59. The van der Waals surface area contributed by atoms with Crippen molar-refractivity contribution in [2.75, 3.05) is 0 Å². The molecule has 141 heavy (non-hydrogen) atoms. The highest BCUT2D eigenvalue weighted by Crippen LogP contribution is 2.62. The van der Waals surface area contributed by atoms with Gasteiger partial charge in [-0.15, -0.1) is 0 Å². The van der Waals surface area contributed by atoms with Crippen LogP contribution in [0.3, 0.4) is 0 Å². The smallest absolute Gasteiger partial charge is 0.312 e. The number of fused-ring (bicyclic) bond motifs is 12. The molecule has 10 aromatic rings. The van der Waals surface area contributed by atoms with Crippen LogP contribution in [-0.2, 0) is 52.6 Å². The van der Waals surface area contributed by atoms with Crippen LogP contribution in [0.25, 0.3) is 21.5 Å². The highest BCUT2D eigenvalue weighted by molar-refractivity contribution is 5.93. The van der Waals surface area contributed by atoms with Gasteiger partial charge in [0.05, 0.1) is 23.0 Å². The van der Waals surface area contributed by atoms with E-state index in [9.17, 15) is 9.59 Å². The van der Waals surface area contributed by atoms with Crippen molar-refractivity contribution in [3.8, 4) is 23.0 Å². The molecule has 0 heterocycles. The van der Waals surface area contributed by atoms with Crippen LogP contribution in [0.4, 0.5) is 0 Å². The van der Waals surface area contributed by atoms with Crippen molar-refractivity contribution in [3.63, 3.8) is 0 Å². The minimum absolute atomic E-state index is 0.0708. The van der Waals surface area contributed by atoms with Crippen LogP contribution >= 0.6 is 0 Å². The second-order valence-corrected chi connectivity index (χ2v) is 46.3. The Morgan fingerprint density at radius 3 is 1.04 bits per heavy atom. The van der Waals surface area contributed by atoms with Crippen molar-refractivity contribution in [1.29, 1.82) is 0 Å². The molecule has 0 spiro atoms. The van der Waals surface area contributed by atoms with Gasteiger partial charge < -0.3 is 38.6 Å². The largest absolute Gasteiger partial charge is 0.508 e. The molecular formula is C131H178O10. The average molecular weight is 1910 g/mol. The maximum Gasteiger partial charge on any atom is 0.312 e. The standard InChI is InChI=1S/2C24H36O2.C18H26O2.C17H24O2.2C14H14.2C10H14O/c2*1-5-16(4)17-9-11-19(12-10-17)25-24(15(2)3)26-23-14-18-13-22(23)21-8-6-7-20(18)21;1-5-17(3,4)16(19)20-18(6-2)13-9-11-14-10-7-8-12-15(14)18;1-5-16(2,3)15(18)19-17(4)12-8-10-13-9-6-7-11-14(13)17;2*1-9-10(2)13-8-4-6-11-5-3-7-12(9)14(11)13;2*1-3-8(2)9-4-6-10(11)7-5-9/h2*9-12,15-16,18,20-24H,5-8,13-14H2,1-4H3;7-8,10,12H,5-6,9,11,13H2,1-4H3;6-7,9,11H,5,8,10,12H2,1-4H3;2*3-10H,1-2H3;2*4-8,11H,3H2,1-2H3. The summed E-state index contributed by atoms with van der Waals surface area (Å²) in [6, 6.07) is 75.6. The first-order valence-corrected chi connectivity index (χ1v) is 55.6. The Kier molecular flexibility index (Phi) is 38.0. The minimum Gasteiger partial charge on any atom is -0.508 e. The first kappa shape index (κ1) is 109. The Labute approximate surface area is 851 Å². The molecule has 22 atom stereocenters. The Hall–Kier alpha value is -9.22. The van der Waals surface area contributed by atoms with Crippen LogP contribution in [-0.4, -0.2) is 46.9 Å². The molecule has 20 rings (SSSR count). The lowest BCUT2D eigenvalue weighted by atomic mass is 9.77. The monoisotopic (exact) mass is 1910 g/mol. The number of carbonyl (C=O) groups is 2. The van der Waals surface area contributed by atoms with E-state index in [2.05, 4.69) is 282 Å². The zero-order valence-corrected chi connectivity index (χ0v) is 90.9. The lowest BCUT2D eigenvalue weighted by molar-refractivity contribution is -0.175. The summed E-state index contributed by atoms with van der Waals surface area (Å²) in [6.45, 7) is 52.0. The van der Waals surface area contributed by atoms with Gasteiger partial charge >= 0.3 is 11.9 Å². The van der Waals surface area contributed by atoms with Crippen molar-refractivity contribution in [1.82, 2.24) is 0 Å². The Morgan fingerprint density at radius 1 is 0.369 bits per heavy atom. The molecule has 762 valence electrons. The summed E-state index contributed by atoms with van der Waals surface area (Å²) in [5.41, 5.74) is 14.9. The minimum atomic E-state index is -0.460. The van der Waals surface area contributed by atoms with Crippen molar-refractivity contribution in [2.45, 2.75) is 397 Å². The maximum atomic E-state index is 12.5. The van der Waals surface area contributed by atoms with Gasteiger partial charge in [-0.3, -0.25) is 9.59 Å². The molecular weight excluding hydrogens is 1730 g/mol. The van der Waals surface area contributed by atoms with Crippen molar-refractivity contribution >= 4 is 33.5 Å². The molecule has 0 saturated heterocycles. The van der Waals surface area contributed by atoms with Crippen LogP contribution in [0.5, 0.6) is 23.0 Å². The van der Waals surface area contributed by atoms with E-state index in [-0.39, 0.29) is 24.5 Å². The Bertz CT molecular complexity index is 5270. The molecule has 0 radical (unpaired) electrons. The van der Waals surface area contributed by atoms with Gasteiger partial charge in [0.25, 0.3) is 0 Å². The van der Waals surface area contributed by atoms with E-state index >= 15 is 0 Å². The predicted octanol–water partition coefficient (Wildman–Crippen LogP) is 35.6. The Morgan fingerprint density at radius 2 is 0.695 bits per heavy atom. The molecule has 10 nitrogen and oxygen atoms in total. The van der Waals surface area contributed by atoms with E-state index in [1.54, 1.807) is 24.3 Å². The molecule has 0 aliphatic heterocycles. The second kappa shape index (κ2) is 49.1. The van der Waals surface area contributed by atoms with E-state index in [1.807, 2.05) is 77.9 Å². The number of aromatic hydroxyl groups is 2. The summed E-state index contributed by atoms with van der Waals surface area (Å²) < 4.78 is 37.8. The van der Waals surface area contributed by atoms with Crippen molar-refractivity contribution in [3.05, 3.63) is 285 Å². The molecule has 10 heteroatoms. The van der Waals surface area contributed by atoms with Crippen LogP contribution in [0.1, 0.15) is 415 Å². The summed E-state index contributed by atoms with van der Waals surface area (Å²) in [7, 11) is 0. The quantitative estimate of drug-likeness (QED) is 0.0421. The summed E-state index contributed by atoms with van der Waals surface area (Å²) in [5.74, 6) is 15.6. The number of aryl methyl sites for hydroxylation is 2. The molecule has 2 N–H and O–H groups in total. The third-order valence-corrected chi connectivity index (χ3v) is 35.9. The molecule has 4 bridgehead atoms. The van der Waals surface area contributed by atoms with Crippen LogP contribution in [0, 0.1) is 70.0 Å². The molecule has 6 fully saturated rings. The fourth-order valence-corrected chi connectivity index (χ4v) is 24.8. The predicted molar refractivity (Wildman–Crippen MR) is 586 cm³/mol. The SMILES string of the molecule is CC1c2cccc3cccc(c23)C1C.CC1c2cccc3cccc(c23)C1C.CCC(C)(C)C(=O)OC1(C)CCCc2ccccc21.CCC(C)(C)C(=O)OC1(CC)CCCc2ccccc21.CCC(C)c1ccc(O)cc1.CCC(C)c1ccc(O)cc1.CCC(C)c1ccc(OC(OC2CC3CC2C2CCCC32)C(C)C)cc1.CCC(C)c1ccc(OC(OC2CC3CC2C2CCCC32)C(C)C)cc1. The molecule has 22 unspecified atom stereocenters. The van der Waals surface area contributed by atoms with Gasteiger partial charge in [-0.25, -0.2) is 0 Å². The third kappa shape index (κ3) is 25.8. The van der Waals surface area contributed by atoms with Crippen LogP contribution in [0.15, 0.2) is 218 Å². The topological polar surface area (TPSA) is 130 Å². The zero-order chi connectivity index (χ0) is 101. The van der Waals surface area contributed by atoms with Gasteiger partial charge in [-0.05, 0) is 401 Å². The summed E-state index contributed by atoms with van der Waals surface area (Å²) in [4.78, 5) is 24.9. The van der Waals surface area contributed by atoms with E-state index in [1.165, 1.54) is 165 Å². The van der Waals surface area contributed by atoms with Gasteiger partial charge in [-0.2, -0.15) is 0 Å². The highest BCUT2D eigenvalue weighted by atomic mass is 16.7. The van der Waals surface area contributed by atoms with Crippen molar-refractivity contribution < 1.29 is 48.2 Å². The first-order valence-electron chi connectivity index (χ1n) is 55.6. The maximum absolute atomic E-state index is 12.5. The fraction of sp³-hybridized carbons (Fsp3) is 0.557. The van der Waals surface area contributed by atoms with E-state index in [0.29, 0.717) is 82.9 Å². The van der Waals surface area contributed by atoms with Gasteiger partial charge in [0.15, 0.2) is 0 Å². The first-order chi connectivity index (χ1) is 67.5. The molecule has 10 aromatic carbocycles. The molecule has 6 saturated carbocycles. The summed E-state index contributed by atoms with van der Waals surface area (Å²) >= 11 is 0. The Balaban J connectivity index is 0.000000138. The highest BCUT2D eigenvalue weighted by Gasteiger charge is 2.57. The van der Waals surface area contributed by atoms with Gasteiger partial charge in [0, 0.05) is 11.8 Å². The lowest BCUT2D eigenvalue weighted by Crippen LogP contribution is -2.39. The number of rotatable bonds is 25. The number of hydrogen-bond donors (Lipinski definition) is 2. The normalized spacial score (nSPS) is 25.9. The van der Waals surface area contributed by atoms with Crippen LogP contribution in [0.2, 0.25) is 0 Å². The number of phenols is 2. The van der Waals surface area contributed by atoms with Crippen LogP contribution < -0.4 is 9.47 Å². The number of carbonyl (C=O) groups excluding carboxylic acids is 2.